The molecule has 152 valence electrons. The third-order valence-corrected chi connectivity index (χ3v) is 5.32. The summed E-state index contributed by atoms with van der Waals surface area (Å²) in [5.74, 6) is -0.280. The van der Waals surface area contributed by atoms with E-state index in [9.17, 15) is 10.1 Å². The lowest BCUT2D eigenvalue weighted by atomic mass is 9.90. The minimum atomic E-state index is -0.956. The van der Waals surface area contributed by atoms with Gasteiger partial charge in [0, 0.05) is 26.7 Å². The van der Waals surface area contributed by atoms with E-state index in [1.807, 2.05) is 42.5 Å². The Balaban J connectivity index is 1.67. The molecule has 1 unspecified atom stereocenters. The van der Waals surface area contributed by atoms with Crippen LogP contribution < -0.4 is 11.1 Å². The minimum Gasteiger partial charge on any atom is -0.381 e. The van der Waals surface area contributed by atoms with Gasteiger partial charge in [-0.25, -0.2) is 0 Å². The Hall–Kier alpha value is -2.72. The van der Waals surface area contributed by atoms with Crippen LogP contribution in [0.5, 0.6) is 0 Å². The quantitative estimate of drug-likeness (QED) is 0.753. The number of methoxy groups -OCH3 is 1. The number of nitrogens with zero attached hydrogens (tertiary/aromatic N) is 1. The Kier molecular flexibility index (Phi) is 6.99. The first-order valence-corrected chi connectivity index (χ1v) is 9.79. The van der Waals surface area contributed by atoms with Crippen molar-refractivity contribution in [1.29, 1.82) is 5.26 Å². The molecule has 1 atom stereocenters. The summed E-state index contributed by atoms with van der Waals surface area (Å²) in [7, 11) is 1.68. The van der Waals surface area contributed by atoms with Crippen LogP contribution in [0, 0.1) is 11.3 Å². The summed E-state index contributed by atoms with van der Waals surface area (Å²) in [6.45, 7) is 1.48. The van der Waals surface area contributed by atoms with Gasteiger partial charge in [-0.2, -0.15) is 5.26 Å². The van der Waals surface area contributed by atoms with Crippen LogP contribution in [0.25, 0.3) is 11.1 Å². The van der Waals surface area contributed by atoms with Crippen molar-refractivity contribution in [3.63, 3.8) is 0 Å². The maximum atomic E-state index is 12.6. The fourth-order valence-electron chi connectivity index (χ4n) is 3.53. The standard InChI is InChI=1S/C23H27N3O3/c1-28-16-19-4-2-3-5-21(19)18-8-6-17(7-9-18)14-20(15-24)26-22(27)23(25)10-12-29-13-11-23/h2-9,20H,10-14,16,25H2,1H3,(H,26,27). The minimum absolute atomic E-state index is 0.280. The highest BCUT2D eigenvalue weighted by Gasteiger charge is 2.36. The molecule has 1 heterocycles. The van der Waals surface area contributed by atoms with Gasteiger partial charge in [0.05, 0.1) is 18.2 Å². The van der Waals surface area contributed by atoms with E-state index >= 15 is 0 Å². The van der Waals surface area contributed by atoms with Crippen LogP contribution in [0.4, 0.5) is 0 Å². The molecular weight excluding hydrogens is 366 g/mol. The highest BCUT2D eigenvalue weighted by atomic mass is 16.5. The van der Waals surface area contributed by atoms with Gasteiger partial charge < -0.3 is 20.5 Å². The zero-order chi connectivity index (χ0) is 20.7. The van der Waals surface area contributed by atoms with Crippen molar-refractivity contribution in [2.75, 3.05) is 20.3 Å². The Morgan fingerprint density at radius 2 is 1.93 bits per heavy atom. The molecule has 0 bridgehead atoms. The van der Waals surface area contributed by atoms with E-state index < -0.39 is 11.6 Å². The lowest BCUT2D eigenvalue weighted by molar-refractivity contribution is -0.130. The second kappa shape index (κ2) is 9.66. The number of nitriles is 1. The summed E-state index contributed by atoms with van der Waals surface area (Å²) < 4.78 is 10.6. The van der Waals surface area contributed by atoms with Crippen LogP contribution in [-0.2, 0) is 27.3 Å². The predicted octanol–water partition coefficient (Wildman–Crippen LogP) is 2.56. The van der Waals surface area contributed by atoms with Crippen LogP contribution in [0.2, 0.25) is 0 Å². The van der Waals surface area contributed by atoms with E-state index in [0.717, 1.165) is 22.3 Å². The zero-order valence-electron chi connectivity index (χ0n) is 16.7. The highest BCUT2D eigenvalue weighted by molar-refractivity contribution is 5.86. The van der Waals surface area contributed by atoms with Crippen molar-refractivity contribution in [1.82, 2.24) is 5.32 Å². The highest BCUT2D eigenvalue weighted by Crippen LogP contribution is 2.25. The number of ether oxygens (including phenoxy) is 2. The molecule has 1 fully saturated rings. The van der Waals surface area contributed by atoms with Gasteiger partial charge in [0.1, 0.15) is 6.04 Å². The van der Waals surface area contributed by atoms with Gasteiger partial charge in [-0.1, -0.05) is 48.5 Å². The molecule has 29 heavy (non-hydrogen) atoms. The topological polar surface area (TPSA) is 97.4 Å². The van der Waals surface area contributed by atoms with E-state index in [1.54, 1.807) is 7.11 Å². The summed E-state index contributed by atoms with van der Waals surface area (Å²) >= 11 is 0. The number of hydrogen-bond donors (Lipinski definition) is 2. The molecule has 6 heteroatoms. The first-order valence-electron chi connectivity index (χ1n) is 9.79. The van der Waals surface area contributed by atoms with Crippen molar-refractivity contribution in [3.05, 3.63) is 59.7 Å². The molecule has 1 aliphatic rings. The molecule has 2 aromatic rings. The molecule has 2 aromatic carbocycles. The zero-order valence-corrected chi connectivity index (χ0v) is 16.7. The van der Waals surface area contributed by atoms with Crippen molar-refractivity contribution >= 4 is 5.91 Å². The van der Waals surface area contributed by atoms with Crippen LogP contribution in [0.3, 0.4) is 0 Å². The van der Waals surface area contributed by atoms with Crippen molar-refractivity contribution in [2.45, 2.75) is 37.5 Å². The number of rotatable bonds is 7. The van der Waals surface area contributed by atoms with E-state index in [4.69, 9.17) is 15.2 Å². The van der Waals surface area contributed by atoms with E-state index in [1.165, 1.54) is 0 Å². The fourth-order valence-corrected chi connectivity index (χ4v) is 3.53. The molecule has 0 aliphatic carbocycles. The third-order valence-electron chi connectivity index (χ3n) is 5.32. The summed E-state index contributed by atoms with van der Waals surface area (Å²) in [6.07, 6.45) is 1.36. The van der Waals surface area contributed by atoms with Gasteiger partial charge in [-0.3, -0.25) is 4.79 Å². The monoisotopic (exact) mass is 393 g/mol. The second-order valence-electron chi connectivity index (χ2n) is 7.41. The maximum absolute atomic E-state index is 12.6. The smallest absolute Gasteiger partial charge is 0.241 e. The molecule has 1 amide bonds. The van der Waals surface area contributed by atoms with Crippen LogP contribution >= 0.6 is 0 Å². The molecule has 1 aliphatic heterocycles. The number of carbonyl (C=O) groups is 1. The number of carbonyl (C=O) groups excluding carboxylic acids is 1. The normalized spacial score (nSPS) is 16.6. The van der Waals surface area contributed by atoms with Crippen molar-refractivity contribution in [3.8, 4) is 17.2 Å². The number of nitrogens with one attached hydrogen (secondary N) is 1. The Bertz CT molecular complexity index is 868. The average Bonchev–Trinajstić information content (AvgIpc) is 2.75. The summed E-state index contributed by atoms with van der Waals surface area (Å²) in [4.78, 5) is 12.6. The lowest BCUT2D eigenvalue weighted by Gasteiger charge is -2.32. The molecule has 0 aromatic heterocycles. The Morgan fingerprint density at radius 3 is 2.59 bits per heavy atom. The largest absolute Gasteiger partial charge is 0.381 e. The molecule has 0 spiro atoms. The van der Waals surface area contributed by atoms with Gasteiger partial charge in [-0.05, 0) is 35.1 Å². The molecular formula is C23H27N3O3. The molecule has 6 nitrogen and oxygen atoms in total. The summed E-state index contributed by atoms with van der Waals surface area (Å²) in [5, 5.41) is 12.3. The SMILES string of the molecule is COCc1ccccc1-c1ccc(CC(C#N)NC(=O)C2(N)CCOCC2)cc1. The fraction of sp³-hybridized carbons (Fsp3) is 0.391. The second-order valence-corrected chi connectivity index (χ2v) is 7.41. The van der Waals surface area contributed by atoms with Crippen LogP contribution in [0.15, 0.2) is 48.5 Å². The number of amides is 1. The number of benzene rings is 2. The molecule has 3 N–H and O–H groups in total. The third kappa shape index (κ3) is 5.21. The molecule has 0 radical (unpaired) electrons. The maximum Gasteiger partial charge on any atom is 0.241 e. The average molecular weight is 393 g/mol. The molecule has 1 saturated heterocycles. The predicted molar refractivity (Wildman–Crippen MR) is 111 cm³/mol. The molecule has 3 rings (SSSR count). The summed E-state index contributed by atoms with van der Waals surface area (Å²) in [6, 6.07) is 17.7. The van der Waals surface area contributed by atoms with Gasteiger partial charge in [0.15, 0.2) is 0 Å². The van der Waals surface area contributed by atoms with Crippen LogP contribution in [-0.4, -0.2) is 37.8 Å². The van der Waals surface area contributed by atoms with Gasteiger partial charge in [0.2, 0.25) is 5.91 Å². The van der Waals surface area contributed by atoms with E-state index in [-0.39, 0.29) is 5.91 Å². The van der Waals surface area contributed by atoms with Gasteiger partial charge in [0.25, 0.3) is 0 Å². The van der Waals surface area contributed by atoms with Gasteiger partial charge >= 0.3 is 0 Å². The van der Waals surface area contributed by atoms with E-state index in [0.29, 0.717) is 39.1 Å². The van der Waals surface area contributed by atoms with E-state index in [2.05, 4.69) is 17.5 Å². The Labute approximate surface area is 171 Å². The number of hydrogen-bond acceptors (Lipinski definition) is 5. The first-order chi connectivity index (χ1) is 14.1. The first kappa shape index (κ1) is 21.0. The molecule has 0 saturated carbocycles. The van der Waals surface area contributed by atoms with Crippen LogP contribution in [0.1, 0.15) is 24.0 Å². The lowest BCUT2D eigenvalue weighted by Crippen LogP contribution is -2.58. The number of nitrogens with two attached hydrogens (primary N) is 1. The van der Waals surface area contributed by atoms with Crippen molar-refractivity contribution < 1.29 is 14.3 Å². The Morgan fingerprint density at radius 1 is 1.24 bits per heavy atom. The van der Waals surface area contributed by atoms with Crippen molar-refractivity contribution in [2.24, 2.45) is 5.73 Å². The van der Waals surface area contributed by atoms with Gasteiger partial charge in [-0.15, -0.1) is 0 Å². The summed E-state index contributed by atoms with van der Waals surface area (Å²) in [5.41, 5.74) is 9.56.